The van der Waals surface area contributed by atoms with Gasteiger partial charge in [-0.15, -0.1) is 11.3 Å². The number of likely N-dealkylation sites (N-methyl/N-ethyl adjacent to an activating group) is 1. The quantitative estimate of drug-likeness (QED) is 0.364. The summed E-state index contributed by atoms with van der Waals surface area (Å²) in [6, 6.07) is 10.5. The van der Waals surface area contributed by atoms with E-state index in [9.17, 15) is 5.11 Å². The van der Waals surface area contributed by atoms with Crippen molar-refractivity contribution in [3.05, 3.63) is 40.8 Å². The number of hydrogen-bond acceptors (Lipinski definition) is 6. The molecule has 1 unspecified atom stereocenters. The number of anilines is 2. The van der Waals surface area contributed by atoms with Gasteiger partial charge in [0.15, 0.2) is 13.0 Å². The molecule has 34 heavy (non-hydrogen) atoms. The molecular weight excluding hydrogens is 444 g/mol. The maximum absolute atomic E-state index is 10.9. The lowest BCUT2D eigenvalue weighted by atomic mass is 9.80. The molecule has 7 heteroatoms. The van der Waals surface area contributed by atoms with Gasteiger partial charge >= 0.3 is 0 Å². The number of nitrogens with zero attached hydrogens (tertiary/aromatic N) is 3. The van der Waals surface area contributed by atoms with Crippen molar-refractivity contribution in [2.45, 2.75) is 59.7 Å². The van der Waals surface area contributed by atoms with Gasteiger partial charge in [0.2, 0.25) is 0 Å². The van der Waals surface area contributed by atoms with Crippen LogP contribution in [0.25, 0.3) is 0 Å². The fourth-order valence-electron chi connectivity index (χ4n) is 5.24. The highest BCUT2D eigenvalue weighted by Gasteiger charge is 2.37. The Kier molecular flexibility index (Phi) is 7.67. The summed E-state index contributed by atoms with van der Waals surface area (Å²) in [6.45, 7) is 12.9. The summed E-state index contributed by atoms with van der Waals surface area (Å²) in [4.78, 5) is 8.83. The van der Waals surface area contributed by atoms with Gasteiger partial charge in [-0.1, -0.05) is 45.7 Å². The number of hydrogen-bond donors (Lipinski definition) is 2. The maximum atomic E-state index is 10.9. The first kappa shape index (κ1) is 25.2. The largest absolute Gasteiger partial charge is 0.367 e. The lowest BCUT2D eigenvalue weighted by Gasteiger charge is -2.44. The van der Waals surface area contributed by atoms with Crippen LogP contribution in [-0.2, 0) is 4.74 Å². The number of aliphatic hydroxyl groups excluding tert-OH is 1. The summed E-state index contributed by atoms with van der Waals surface area (Å²) in [5.41, 5.74) is 3.06. The molecule has 0 radical (unpaired) electrons. The molecule has 2 aliphatic rings. The van der Waals surface area contributed by atoms with E-state index in [2.05, 4.69) is 69.2 Å². The Labute approximate surface area is 208 Å². The van der Waals surface area contributed by atoms with Gasteiger partial charge in [-0.25, -0.2) is 4.99 Å². The van der Waals surface area contributed by atoms with Crippen molar-refractivity contribution in [2.75, 3.05) is 45.3 Å². The van der Waals surface area contributed by atoms with E-state index in [0.717, 1.165) is 73.6 Å². The highest BCUT2D eigenvalue weighted by atomic mass is 32.1. The Bertz CT molecular complexity index is 1000. The van der Waals surface area contributed by atoms with Gasteiger partial charge in [0.1, 0.15) is 10.8 Å². The fraction of sp³-hybridized carbons (Fsp3) is 0.593. The van der Waals surface area contributed by atoms with Crippen LogP contribution in [0.3, 0.4) is 0 Å². The summed E-state index contributed by atoms with van der Waals surface area (Å²) < 4.78 is 6.94. The number of aliphatic imine (C=N–C) groups is 1. The third kappa shape index (κ3) is 5.33. The normalized spacial score (nSPS) is 18.4. The minimum atomic E-state index is -0.717. The Morgan fingerprint density at radius 1 is 1.21 bits per heavy atom. The number of quaternary nitrogens is 1. The van der Waals surface area contributed by atoms with E-state index in [1.165, 1.54) is 15.4 Å². The molecule has 1 atom stereocenters. The van der Waals surface area contributed by atoms with Crippen molar-refractivity contribution in [3.8, 4) is 0 Å². The first-order valence-corrected chi connectivity index (χ1v) is 13.5. The SMILES string of the molecule is CCCC(C)(CCC)C(O)OC[N+]1(C)CCN(C2=Nc3ccccc3Nc3sc(C)cc32)CC1. The van der Waals surface area contributed by atoms with Crippen LogP contribution in [0.4, 0.5) is 16.4 Å². The van der Waals surface area contributed by atoms with Gasteiger partial charge in [-0.3, -0.25) is 0 Å². The third-order valence-electron chi connectivity index (χ3n) is 7.38. The lowest BCUT2D eigenvalue weighted by molar-refractivity contribution is -0.933. The van der Waals surface area contributed by atoms with Crippen LogP contribution in [0, 0.1) is 12.3 Å². The van der Waals surface area contributed by atoms with Crippen LogP contribution >= 0.6 is 11.3 Å². The van der Waals surface area contributed by atoms with E-state index in [4.69, 9.17) is 9.73 Å². The predicted molar refractivity (Wildman–Crippen MR) is 142 cm³/mol. The van der Waals surface area contributed by atoms with Crippen molar-refractivity contribution in [1.82, 2.24) is 4.90 Å². The molecule has 2 aliphatic heterocycles. The molecule has 0 aliphatic carbocycles. The van der Waals surface area contributed by atoms with Crippen LogP contribution in [0.15, 0.2) is 35.3 Å². The molecule has 6 nitrogen and oxygen atoms in total. The van der Waals surface area contributed by atoms with Crippen molar-refractivity contribution < 1.29 is 14.3 Å². The number of thiophene rings is 1. The molecule has 0 saturated carbocycles. The highest BCUT2D eigenvalue weighted by molar-refractivity contribution is 7.16. The second-order valence-electron chi connectivity index (χ2n) is 10.5. The molecule has 3 heterocycles. The topological polar surface area (TPSA) is 57.1 Å². The van der Waals surface area contributed by atoms with Gasteiger partial charge in [0.05, 0.1) is 50.2 Å². The number of benzene rings is 1. The number of para-hydroxylation sites is 2. The number of piperazine rings is 1. The smallest absolute Gasteiger partial charge is 0.185 e. The fourth-order valence-corrected chi connectivity index (χ4v) is 6.16. The number of rotatable bonds is 8. The Hall–Kier alpha value is -1.93. The number of ether oxygens (including phenoxy) is 1. The van der Waals surface area contributed by atoms with E-state index >= 15 is 0 Å². The zero-order chi connectivity index (χ0) is 24.3. The molecule has 2 N–H and O–H groups in total. The van der Waals surface area contributed by atoms with Gasteiger partial charge in [0.25, 0.3) is 0 Å². The van der Waals surface area contributed by atoms with Gasteiger partial charge in [-0.05, 0) is 38.0 Å². The second-order valence-corrected chi connectivity index (χ2v) is 11.8. The van der Waals surface area contributed by atoms with Crippen LogP contribution in [0.2, 0.25) is 0 Å². The first-order valence-electron chi connectivity index (χ1n) is 12.7. The van der Waals surface area contributed by atoms with E-state index in [0.29, 0.717) is 6.73 Å². The molecule has 1 saturated heterocycles. The zero-order valence-corrected chi connectivity index (χ0v) is 22.2. The average molecular weight is 486 g/mol. The van der Waals surface area contributed by atoms with Crippen molar-refractivity contribution >= 4 is 33.5 Å². The molecule has 2 aromatic rings. The highest BCUT2D eigenvalue weighted by Crippen LogP contribution is 2.39. The lowest BCUT2D eigenvalue weighted by Crippen LogP contribution is -2.59. The molecule has 1 fully saturated rings. The predicted octanol–water partition coefficient (Wildman–Crippen LogP) is 5.85. The minimum absolute atomic E-state index is 0.173. The number of nitrogens with one attached hydrogen (secondary N) is 1. The number of amidine groups is 1. The molecular formula is C27H41N4O2S+. The molecule has 0 spiro atoms. The van der Waals surface area contributed by atoms with Crippen LogP contribution in [0.1, 0.15) is 56.9 Å². The van der Waals surface area contributed by atoms with Crippen LogP contribution in [-0.4, -0.2) is 66.6 Å². The maximum Gasteiger partial charge on any atom is 0.185 e. The van der Waals surface area contributed by atoms with Crippen molar-refractivity contribution in [2.24, 2.45) is 10.4 Å². The van der Waals surface area contributed by atoms with Gasteiger partial charge in [0, 0.05) is 10.3 Å². The number of aryl methyl sites for hydroxylation is 1. The second kappa shape index (κ2) is 10.4. The number of aliphatic hydroxyl groups is 1. The van der Waals surface area contributed by atoms with E-state index in [1.54, 1.807) is 11.3 Å². The number of fused-ring (bicyclic) bond motifs is 2. The molecule has 0 amide bonds. The summed E-state index contributed by atoms with van der Waals surface area (Å²) >= 11 is 1.79. The zero-order valence-electron chi connectivity index (χ0n) is 21.4. The van der Waals surface area contributed by atoms with Crippen LogP contribution < -0.4 is 5.32 Å². The summed E-state index contributed by atoms with van der Waals surface area (Å²) in [6.07, 6.45) is 3.36. The molecule has 1 aromatic carbocycles. The Balaban J connectivity index is 1.45. The Morgan fingerprint density at radius 3 is 2.56 bits per heavy atom. The molecule has 186 valence electrons. The van der Waals surface area contributed by atoms with Crippen molar-refractivity contribution in [1.29, 1.82) is 0 Å². The van der Waals surface area contributed by atoms with Crippen LogP contribution in [0.5, 0.6) is 0 Å². The molecule has 0 bridgehead atoms. The minimum Gasteiger partial charge on any atom is -0.367 e. The van der Waals surface area contributed by atoms with Gasteiger partial charge < -0.3 is 24.5 Å². The molecule has 1 aromatic heterocycles. The monoisotopic (exact) mass is 485 g/mol. The van der Waals surface area contributed by atoms with Gasteiger partial charge in [-0.2, -0.15) is 0 Å². The van der Waals surface area contributed by atoms with E-state index < -0.39 is 6.29 Å². The summed E-state index contributed by atoms with van der Waals surface area (Å²) in [5, 5.41) is 15.7. The summed E-state index contributed by atoms with van der Waals surface area (Å²) in [5.74, 6) is 1.06. The molecule has 4 rings (SSSR count). The Morgan fingerprint density at radius 2 is 1.88 bits per heavy atom. The van der Waals surface area contributed by atoms with Crippen molar-refractivity contribution in [3.63, 3.8) is 0 Å². The standard InChI is InChI=1S/C27H41N4O2S/c1-6-12-27(4,13-7-2)26(32)33-19-31(5)16-14-30(15-17-31)24-21-18-20(3)34-25(21)29-23-11-9-8-10-22(23)28-24/h8-11,18,26,29,32H,6-7,12-17,19H2,1-5H3/q+1. The average Bonchev–Trinajstić information content (AvgIpc) is 3.10. The van der Waals surface area contributed by atoms with E-state index in [1.807, 2.05) is 6.07 Å². The van der Waals surface area contributed by atoms with E-state index in [-0.39, 0.29) is 5.41 Å². The summed E-state index contributed by atoms with van der Waals surface area (Å²) in [7, 11) is 2.24. The first-order chi connectivity index (χ1) is 16.3. The third-order valence-corrected chi connectivity index (χ3v) is 8.34.